The summed E-state index contributed by atoms with van der Waals surface area (Å²) in [5.41, 5.74) is 5.13. The molecule has 0 aliphatic rings. The van der Waals surface area contributed by atoms with Crippen LogP contribution in [0.3, 0.4) is 0 Å². The van der Waals surface area contributed by atoms with Crippen molar-refractivity contribution in [3.63, 3.8) is 0 Å². The summed E-state index contributed by atoms with van der Waals surface area (Å²) in [6.45, 7) is 0. The van der Waals surface area contributed by atoms with Gasteiger partial charge in [-0.3, -0.25) is 0 Å². The number of carbonyl (C=O) groups is 1. The second kappa shape index (κ2) is 3.42. The molecule has 0 aliphatic heterocycles. The van der Waals surface area contributed by atoms with Crippen LogP contribution in [-0.2, 0) is 0 Å². The highest BCUT2D eigenvalue weighted by atomic mass is 16.5. The summed E-state index contributed by atoms with van der Waals surface area (Å²) in [6, 6.07) is 4.05. The molecule has 5 nitrogen and oxygen atoms in total. The minimum Gasteiger partial charge on any atom is -0.478 e. The molecule has 70 valence electrons. The molecule has 0 fully saturated rings. The van der Waals surface area contributed by atoms with Gasteiger partial charge in [-0.05, 0) is 6.07 Å². The third-order valence-corrected chi connectivity index (χ3v) is 1.65. The van der Waals surface area contributed by atoms with Crippen molar-refractivity contribution in [1.82, 2.24) is 0 Å². The van der Waals surface area contributed by atoms with E-state index in [1.807, 2.05) is 0 Å². The Morgan fingerprint density at radius 1 is 1.38 bits per heavy atom. The zero-order chi connectivity index (χ0) is 10.0. The van der Waals surface area contributed by atoms with Gasteiger partial charge in [0.1, 0.15) is 0 Å². The van der Waals surface area contributed by atoms with Gasteiger partial charge in [0.05, 0.1) is 11.3 Å². The van der Waals surface area contributed by atoms with E-state index < -0.39 is 12.3 Å². The standard InChI is InChI=1S/C8H9NO4/c9-6-4(7(10)11)2-1-3-5(6)8(12)13/h1-3,7,10-11H,9H2,(H,12,13). The Hall–Kier alpha value is -1.59. The molecule has 0 radical (unpaired) electrons. The molecule has 0 saturated carbocycles. The van der Waals surface area contributed by atoms with E-state index in [2.05, 4.69) is 0 Å². The molecule has 0 saturated heterocycles. The van der Waals surface area contributed by atoms with Gasteiger partial charge in [0, 0.05) is 5.56 Å². The Kier molecular flexibility index (Phi) is 2.50. The normalized spacial score (nSPS) is 10.4. The van der Waals surface area contributed by atoms with Crippen LogP contribution in [0.4, 0.5) is 5.69 Å². The quantitative estimate of drug-likeness (QED) is 0.380. The van der Waals surface area contributed by atoms with E-state index in [1.165, 1.54) is 18.2 Å². The van der Waals surface area contributed by atoms with E-state index in [0.29, 0.717) is 0 Å². The summed E-state index contributed by atoms with van der Waals surface area (Å²) in [7, 11) is 0. The summed E-state index contributed by atoms with van der Waals surface area (Å²) in [6.07, 6.45) is -1.75. The van der Waals surface area contributed by atoms with Crippen LogP contribution in [0, 0.1) is 0 Å². The predicted molar refractivity (Wildman–Crippen MR) is 45.0 cm³/mol. The first kappa shape index (κ1) is 9.50. The molecule has 1 aromatic rings. The maximum atomic E-state index is 10.6. The van der Waals surface area contributed by atoms with E-state index >= 15 is 0 Å². The highest BCUT2D eigenvalue weighted by Gasteiger charge is 2.14. The zero-order valence-corrected chi connectivity index (χ0v) is 6.64. The van der Waals surface area contributed by atoms with Crippen molar-refractivity contribution in [2.45, 2.75) is 6.29 Å². The fourth-order valence-electron chi connectivity index (χ4n) is 0.995. The number of aliphatic hydroxyl groups is 2. The zero-order valence-electron chi connectivity index (χ0n) is 6.64. The molecule has 0 aliphatic carbocycles. The number of carboxylic acid groups (broad SMARTS) is 1. The molecule has 0 atom stereocenters. The maximum Gasteiger partial charge on any atom is 0.337 e. The number of aromatic carboxylic acids is 1. The maximum absolute atomic E-state index is 10.6. The lowest BCUT2D eigenvalue weighted by Crippen LogP contribution is -2.07. The van der Waals surface area contributed by atoms with Crippen LogP contribution in [0.25, 0.3) is 0 Å². The number of hydrogen-bond acceptors (Lipinski definition) is 4. The number of aliphatic hydroxyl groups excluding tert-OH is 1. The molecule has 1 rings (SSSR count). The van der Waals surface area contributed by atoms with E-state index in [1.54, 1.807) is 0 Å². The van der Waals surface area contributed by atoms with Crippen LogP contribution in [0.2, 0.25) is 0 Å². The van der Waals surface area contributed by atoms with E-state index in [-0.39, 0.29) is 16.8 Å². The summed E-state index contributed by atoms with van der Waals surface area (Å²) < 4.78 is 0. The monoisotopic (exact) mass is 183 g/mol. The number of carboxylic acids is 1. The van der Waals surface area contributed by atoms with Crippen molar-refractivity contribution in [2.75, 3.05) is 5.73 Å². The second-order valence-electron chi connectivity index (χ2n) is 2.49. The van der Waals surface area contributed by atoms with Gasteiger partial charge in [0.2, 0.25) is 0 Å². The fourth-order valence-corrected chi connectivity index (χ4v) is 0.995. The van der Waals surface area contributed by atoms with E-state index in [4.69, 9.17) is 21.1 Å². The Bertz CT molecular complexity index is 335. The van der Waals surface area contributed by atoms with E-state index in [0.717, 1.165) is 0 Å². The van der Waals surface area contributed by atoms with Crippen LogP contribution >= 0.6 is 0 Å². The van der Waals surface area contributed by atoms with Crippen LogP contribution in [0.15, 0.2) is 18.2 Å². The molecule has 1 aromatic carbocycles. The van der Waals surface area contributed by atoms with Gasteiger partial charge in [-0.1, -0.05) is 12.1 Å². The van der Waals surface area contributed by atoms with Crippen LogP contribution in [0.5, 0.6) is 0 Å². The molecule has 0 aromatic heterocycles. The average Bonchev–Trinajstić information content (AvgIpc) is 2.03. The highest BCUT2D eigenvalue weighted by Crippen LogP contribution is 2.22. The SMILES string of the molecule is Nc1c(C(=O)O)cccc1C(O)O. The molecule has 13 heavy (non-hydrogen) atoms. The van der Waals surface area contributed by atoms with Gasteiger partial charge in [-0.2, -0.15) is 0 Å². The Morgan fingerprint density at radius 2 is 2.00 bits per heavy atom. The number of rotatable bonds is 2. The third-order valence-electron chi connectivity index (χ3n) is 1.65. The molecule has 0 heterocycles. The number of nitrogen functional groups attached to an aromatic ring is 1. The number of hydrogen-bond donors (Lipinski definition) is 4. The Balaban J connectivity index is 3.26. The van der Waals surface area contributed by atoms with E-state index in [9.17, 15) is 4.79 Å². The number of para-hydroxylation sites is 1. The second-order valence-corrected chi connectivity index (χ2v) is 2.49. The molecule has 0 spiro atoms. The average molecular weight is 183 g/mol. The van der Waals surface area contributed by atoms with Crippen LogP contribution in [0.1, 0.15) is 22.2 Å². The topological polar surface area (TPSA) is 104 Å². The van der Waals surface area contributed by atoms with Gasteiger partial charge >= 0.3 is 5.97 Å². The number of anilines is 1. The molecule has 0 amide bonds. The van der Waals surface area contributed by atoms with Crippen molar-refractivity contribution in [3.8, 4) is 0 Å². The molecule has 0 unspecified atom stereocenters. The molecule has 0 bridgehead atoms. The van der Waals surface area contributed by atoms with Gasteiger partial charge < -0.3 is 21.1 Å². The molecule has 5 N–H and O–H groups in total. The van der Waals surface area contributed by atoms with Crippen molar-refractivity contribution >= 4 is 11.7 Å². The first-order valence-electron chi connectivity index (χ1n) is 3.52. The molecule has 5 heteroatoms. The minimum atomic E-state index is -1.75. The lowest BCUT2D eigenvalue weighted by molar-refractivity contribution is -0.0418. The number of nitrogens with two attached hydrogens (primary N) is 1. The van der Waals surface area contributed by atoms with Gasteiger partial charge in [0.15, 0.2) is 6.29 Å². The smallest absolute Gasteiger partial charge is 0.337 e. The van der Waals surface area contributed by atoms with Crippen molar-refractivity contribution in [1.29, 1.82) is 0 Å². The van der Waals surface area contributed by atoms with Gasteiger partial charge in [-0.15, -0.1) is 0 Å². The minimum absolute atomic E-state index is 0.0000926. The highest BCUT2D eigenvalue weighted by molar-refractivity contribution is 5.94. The summed E-state index contributed by atoms with van der Waals surface area (Å²) >= 11 is 0. The molecular weight excluding hydrogens is 174 g/mol. The van der Waals surface area contributed by atoms with Gasteiger partial charge in [0.25, 0.3) is 0 Å². The third kappa shape index (κ3) is 1.77. The summed E-state index contributed by atoms with van der Waals surface area (Å²) in [4.78, 5) is 10.6. The summed E-state index contributed by atoms with van der Waals surface area (Å²) in [5, 5.41) is 26.2. The van der Waals surface area contributed by atoms with Crippen molar-refractivity contribution < 1.29 is 20.1 Å². The summed E-state index contributed by atoms with van der Waals surface area (Å²) in [5.74, 6) is -1.19. The lowest BCUT2D eigenvalue weighted by atomic mass is 10.1. The first-order chi connectivity index (χ1) is 6.04. The first-order valence-corrected chi connectivity index (χ1v) is 3.52. The van der Waals surface area contributed by atoms with Crippen molar-refractivity contribution in [3.05, 3.63) is 29.3 Å². The lowest BCUT2D eigenvalue weighted by Gasteiger charge is -2.09. The Morgan fingerprint density at radius 3 is 2.46 bits per heavy atom. The van der Waals surface area contributed by atoms with Gasteiger partial charge in [-0.25, -0.2) is 4.79 Å². The fraction of sp³-hybridized carbons (Fsp3) is 0.125. The van der Waals surface area contributed by atoms with Crippen molar-refractivity contribution in [2.24, 2.45) is 0 Å². The molecular formula is C8H9NO4. The predicted octanol–water partition coefficient (Wildman–Crippen LogP) is -0.0498. The Labute approximate surface area is 74.0 Å². The number of benzene rings is 1. The largest absolute Gasteiger partial charge is 0.478 e. The van der Waals surface area contributed by atoms with Crippen LogP contribution in [-0.4, -0.2) is 21.3 Å². The van der Waals surface area contributed by atoms with Crippen LogP contribution < -0.4 is 5.73 Å².